The van der Waals surface area contributed by atoms with Gasteiger partial charge < -0.3 is 24.8 Å². The maximum Gasteiger partial charge on any atom is 0.408 e. The lowest BCUT2D eigenvalue weighted by Crippen LogP contribution is -2.45. The van der Waals surface area contributed by atoms with Gasteiger partial charge in [0.15, 0.2) is 5.82 Å². The van der Waals surface area contributed by atoms with Crippen LogP contribution in [0, 0.1) is 12.7 Å². The molecule has 2 aromatic rings. The van der Waals surface area contributed by atoms with Crippen molar-refractivity contribution in [2.24, 2.45) is 0 Å². The summed E-state index contributed by atoms with van der Waals surface area (Å²) in [5.41, 5.74) is 0.332. The minimum absolute atomic E-state index is 0.137. The van der Waals surface area contributed by atoms with Gasteiger partial charge in [0, 0.05) is 20.2 Å². The zero-order valence-electron chi connectivity index (χ0n) is 20.0. The number of nitrogens with one attached hydrogen (secondary N) is 1. The normalized spacial score (nSPS) is 20.6. The summed E-state index contributed by atoms with van der Waals surface area (Å²) in [5.74, 6) is -1.84. The Kier molecular flexibility index (Phi) is 6.05. The Bertz CT molecular complexity index is 1210. The van der Waals surface area contributed by atoms with Crippen molar-refractivity contribution >= 4 is 23.3 Å². The number of aromatic carboxylic acids is 1. The average molecular weight is 476 g/mol. The van der Waals surface area contributed by atoms with Gasteiger partial charge in [-0.1, -0.05) is 0 Å². The van der Waals surface area contributed by atoms with Crippen LogP contribution in [-0.4, -0.2) is 59.5 Å². The quantitative estimate of drug-likeness (QED) is 0.684. The maximum absolute atomic E-state index is 15.4. The summed E-state index contributed by atoms with van der Waals surface area (Å²) in [6.45, 7) is 7.64. The van der Waals surface area contributed by atoms with E-state index in [2.05, 4.69) is 5.32 Å². The number of pyridine rings is 2. The number of rotatable bonds is 5. The third kappa shape index (κ3) is 4.46. The number of carboxylic acids is 1. The standard InChI is InChI=1S/C24H30FN3O6/c1-12-19-14(13-6-7-13)8-15(22(30)31)21(29)28(19)9-16(25)20(12)27-10-17(18(11-27)33-5)26-23(32)34-24(2,3)4/h8-9,13,17-18H,6-7,10-11H2,1-5H3,(H,26,32)(H,30,31)/t17-,18-/m1/s1. The molecule has 3 heterocycles. The van der Waals surface area contributed by atoms with Crippen molar-refractivity contribution in [1.29, 1.82) is 0 Å². The first-order chi connectivity index (χ1) is 15.9. The molecule has 0 aromatic carbocycles. The third-order valence-corrected chi connectivity index (χ3v) is 6.28. The van der Waals surface area contributed by atoms with Gasteiger partial charge in [-0.05, 0) is 63.6 Å². The fourth-order valence-corrected chi connectivity index (χ4v) is 4.68. The number of anilines is 1. The van der Waals surface area contributed by atoms with Crippen LogP contribution in [0.1, 0.15) is 61.0 Å². The van der Waals surface area contributed by atoms with Crippen molar-refractivity contribution in [3.05, 3.63) is 45.1 Å². The summed E-state index contributed by atoms with van der Waals surface area (Å²) < 4.78 is 27.5. The molecule has 1 aliphatic carbocycles. The number of methoxy groups -OCH3 is 1. The lowest BCUT2D eigenvalue weighted by atomic mass is 10.0. The van der Waals surface area contributed by atoms with E-state index in [1.54, 1.807) is 32.6 Å². The molecule has 1 amide bonds. The number of amides is 1. The SMILES string of the molecule is CO[C@@H]1CN(c2c(F)cn3c(=O)c(C(=O)O)cc(C4CC4)c3c2C)C[C@H]1NC(=O)OC(C)(C)C. The van der Waals surface area contributed by atoms with Crippen LogP contribution in [0.3, 0.4) is 0 Å². The molecule has 10 heteroatoms. The van der Waals surface area contributed by atoms with Gasteiger partial charge in [-0.3, -0.25) is 9.20 Å². The highest BCUT2D eigenvalue weighted by Gasteiger charge is 2.38. The summed E-state index contributed by atoms with van der Waals surface area (Å²) in [6, 6.07) is 0.996. The highest BCUT2D eigenvalue weighted by Crippen LogP contribution is 2.44. The zero-order valence-corrected chi connectivity index (χ0v) is 20.0. The number of halogens is 1. The molecule has 2 aromatic heterocycles. The lowest BCUT2D eigenvalue weighted by molar-refractivity contribution is 0.0417. The minimum atomic E-state index is -1.33. The molecule has 2 N–H and O–H groups in total. The summed E-state index contributed by atoms with van der Waals surface area (Å²) in [5, 5.41) is 12.3. The number of carboxylic acid groups (broad SMARTS) is 1. The van der Waals surface area contributed by atoms with Crippen molar-refractivity contribution < 1.29 is 28.6 Å². The molecule has 4 rings (SSSR count). The topological polar surface area (TPSA) is 110 Å². The van der Waals surface area contributed by atoms with Crippen molar-refractivity contribution in [3.8, 4) is 0 Å². The molecular weight excluding hydrogens is 445 g/mol. The predicted molar refractivity (Wildman–Crippen MR) is 123 cm³/mol. The zero-order chi connectivity index (χ0) is 24.9. The van der Waals surface area contributed by atoms with Crippen LogP contribution in [0.4, 0.5) is 14.9 Å². The number of carbonyl (C=O) groups excluding carboxylic acids is 1. The average Bonchev–Trinajstić information content (AvgIpc) is 3.48. The first kappa shape index (κ1) is 24.0. The Hall–Kier alpha value is -3.14. The summed E-state index contributed by atoms with van der Waals surface area (Å²) in [6.07, 6.45) is 1.85. The molecule has 1 saturated carbocycles. The van der Waals surface area contributed by atoms with Crippen LogP contribution in [0.15, 0.2) is 17.1 Å². The van der Waals surface area contributed by atoms with E-state index in [1.165, 1.54) is 13.2 Å². The van der Waals surface area contributed by atoms with Gasteiger partial charge in [0.2, 0.25) is 0 Å². The number of aromatic nitrogens is 1. The van der Waals surface area contributed by atoms with E-state index < -0.39 is 41.2 Å². The first-order valence-electron chi connectivity index (χ1n) is 11.3. The second kappa shape index (κ2) is 8.57. The van der Waals surface area contributed by atoms with Gasteiger partial charge in [0.25, 0.3) is 5.56 Å². The van der Waals surface area contributed by atoms with Crippen LogP contribution in [0.2, 0.25) is 0 Å². The molecule has 0 spiro atoms. The van der Waals surface area contributed by atoms with E-state index in [9.17, 15) is 19.5 Å². The number of carbonyl (C=O) groups is 2. The molecule has 184 valence electrons. The Morgan fingerprint density at radius 1 is 1.24 bits per heavy atom. The summed E-state index contributed by atoms with van der Waals surface area (Å²) in [7, 11) is 1.53. The molecule has 0 unspecified atom stereocenters. The van der Waals surface area contributed by atoms with Crippen LogP contribution in [0.5, 0.6) is 0 Å². The molecule has 9 nitrogen and oxygen atoms in total. The van der Waals surface area contributed by atoms with E-state index in [1.807, 2.05) is 0 Å². The van der Waals surface area contributed by atoms with E-state index in [0.717, 1.165) is 29.0 Å². The Morgan fingerprint density at radius 2 is 1.91 bits per heavy atom. The highest BCUT2D eigenvalue weighted by atomic mass is 19.1. The van der Waals surface area contributed by atoms with Gasteiger partial charge in [-0.2, -0.15) is 0 Å². The number of aryl methyl sites for hydroxylation is 1. The number of hydrogen-bond acceptors (Lipinski definition) is 6. The number of fused-ring (bicyclic) bond motifs is 1. The molecule has 0 bridgehead atoms. The van der Waals surface area contributed by atoms with E-state index in [0.29, 0.717) is 23.3 Å². The molecule has 1 saturated heterocycles. The largest absolute Gasteiger partial charge is 0.477 e. The Labute approximate surface area is 196 Å². The fraction of sp³-hybridized carbons (Fsp3) is 0.542. The Morgan fingerprint density at radius 3 is 2.47 bits per heavy atom. The van der Waals surface area contributed by atoms with Gasteiger partial charge in [0.05, 0.1) is 29.5 Å². The smallest absolute Gasteiger partial charge is 0.408 e. The number of nitrogens with zero attached hydrogens (tertiary/aromatic N) is 2. The number of hydrogen-bond donors (Lipinski definition) is 2. The second-order valence-corrected chi connectivity index (χ2v) is 10.00. The molecule has 0 radical (unpaired) electrons. The number of ether oxygens (including phenoxy) is 2. The van der Waals surface area contributed by atoms with Crippen molar-refractivity contribution in [2.75, 3.05) is 25.1 Å². The maximum atomic E-state index is 15.4. The molecule has 2 aliphatic rings. The molecule has 2 atom stereocenters. The van der Waals surface area contributed by atoms with Gasteiger partial charge in [0.1, 0.15) is 11.2 Å². The summed E-state index contributed by atoms with van der Waals surface area (Å²) >= 11 is 0. The first-order valence-corrected chi connectivity index (χ1v) is 11.3. The van der Waals surface area contributed by atoms with E-state index >= 15 is 4.39 Å². The fourth-order valence-electron chi connectivity index (χ4n) is 4.68. The second-order valence-electron chi connectivity index (χ2n) is 10.00. The summed E-state index contributed by atoms with van der Waals surface area (Å²) in [4.78, 5) is 38.5. The lowest BCUT2D eigenvalue weighted by Gasteiger charge is -2.24. The van der Waals surface area contributed by atoms with Gasteiger partial charge in [-0.25, -0.2) is 14.0 Å². The van der Waals surface area contributed by atoms with Crippen molar-refractivity contribution in [2.45, 2.75) is 64.2 Å². The Balaban J connectivity index is 1.74. The highest BCUT2D eigenvalue weighted by molar-refractivity contribution is 5.89. The van der Waals surface area contributed by atoms with E-state index in [-0.39, 0.29) is 18.0 Å². The number of alkyl carbamates (subject to hydrolysis) is 1. The van der Waals surface area contributed by atoms with Crippen LogP contribution < -0.4 is 15.8 Å². The molecular formula is C24H30FN3O6. The third-order valence-electron chi connectivity index (χ3n) is 6.28. The molecule has 1 aliphatic heterocycles. The monoisotopic (exact) mass is 475 g/mol. The van der Waals surface area contributed by atoms with Crippen LogP contribution >= 0.6 is 0 Å². The minimum Gasteiger partial charge on any atom is -0.477 e. The van der Waals surface area contributed by atoms with Gasteiger partial charge >= 0.3 is 12.1 Å². The van der Waals surface area contributed by atoms with Crippen molar-refractivity contribution in [1.82, 2.24) is 9.72 Å². The van der Waals surface area contributed by atoms with Crippen LogP contribution in [0.25, 0.3) is 5.52 Å². The van der Waals surface area contributed by atoms with Crippen molar-refractivity contribution in [3.63, 3.8) is 0 Å². The molecule has 2 fully saturated rings. The van der Waals surface area contributed by atoms with Gasteiger partial charge in [-0.15, -0.1) is 0 Å². The predicted octanol–water partition coefficient (Wildman–Crippen LogP) is 3.05. The molecule has 34 heavy (non-hydrogen) atoms. The van der Waals surface area contributed by atoms with E-state index in [4.69, 9.17) is 9.47 Å². The van der Waals surface area contributed by atoms with Crippen LogP contribution in [-0.2, 0) is 9.47 Å².